The third-order valence-electron chi connectivity index (χ3n) is 6.25. The summed E-state index contributed by atoms with van der Waals surface area (Å²) in [5, 5.41) is 11.6. The van der Waals surface area contributed by atoms with Gasteiger partial charge in [0.25, 0.3) is 5.91 Å². The lowest BCUT2D eigenvalue weighted by molar-refractivity contribution is -0.129. The maximum absolute atomic E-state index is 13.8. The fraction of sp³-hybridized carbons (Fsp3) is 0.345. The number of hydrogen-bond acceptors (Lipinski definition) is 6. The monoisotopic (exact) mass is 504 g/mol. The number of Topliss-reactive ketones (excluding diaryl/α,β-unsaturated/α-hetero) is 1. The van der Waals surface area contributed by atoms with Crippen molar-refractivity contribution in [2.24, 2.45) is 0 Å². The van der Waals surface area contributed by atoms with Gasteiger partial charge < -0.3 is 14.7 Å². The molecule has 1 unspecified atom stereocenters. The maximum Gasteiger partial charge on any atom is 0.290 e. The minimum atomic E-state index is -0.666. The molecule has 0 spiro atoms. The van der Waals surface area contributed by atoms with Crippen LogP contribution in [0.5, 0.6) is 5.75 Å². The van der Waals surface area contributed by atoms with Crippen LogP contribution in [0.2, 0.25) is 0 Å². The predicted molar refractivity (Wildman–Crippen MR) is 142 cm³/mol. The van der Waals surface area contributed by atoms with Crippen LogP contribution in [0.1, 0.15) is 66.5 Å². The number of aliphatic hydroxyl groups is 1. The van der Waals surface area contributed by atoms with Crippen LogP contribution in [-0.4, -0.2) is 39.8 Å². The molecule has 7 heteroatoms. The lowest BCUT2D eigenvalue weighted by atomic mass is 9.95. The second-order valence-corrected chi connectivity index (χ2v) is 9.92. The first-order valence-corrected chi connectivity index (χ1v) is 13.3. The molecule has 2 aromatic carbocycles. The number of ether oxygens (including phenoxy) is 1. The van der Waals surface area contributed by atoms with Gasteiger partial charge in [-0.3, -0.25) is 9.59 Å². The number of thiazole rings is 1. The number of hydrogen-bond donors (Lipinski definition) is 1. The Kier molecular flexibility index (Phi) is 8.21. The standard InChI is InChI=1S/C29H32N2O4S/c1-4-6-10-18-35-22-15-13-20(14-16-22)24-23(26(33)29(34)31(24)17-5-2)25(32)27-19(3)30-28(36-27)21-11-8-7-9-12-21/h7-9,11-16,24,33H,4-6,10,17-18H2,1-3H3. The van der Waals surface area contributed by atoms with Crippen molar-refractivity contribution in [3.8, 4) is 16.3 Å². The molecule has 1 aliphatic heterocycles. The molecule has 3 aromatic rings. The van der Waals surface area contributed by atoms with Crippen LogP contribution in [0.25, 0.3) is 10.6 Å². The summed E-state index contributed by atoms with van der Waals surface area (Å²) in [4.78, 5) is 33.5. The van der Waals surface area contributed by atoms with Gasteiger partial charge in [0.15, 0.2) is 5.76 Å². The Bertz CT molecular complexity index is 1250. The van der Waals surface area contributed by atoms with Crippen molar-refractivity contribution in [3.63, 3.8) is 0 Å². The lowest BCUT2D eigenvalue weighted by Crippen LogP contribution is -2.31. The first-order chi connectivity index (χ1) is 17.5. The van der Waals surface area contributed by atoms with E-state index in [0.717, 1.165) is 41.1 Å². The molecule has 1 aliphatic rings. The maximum atomic E-state index is 13.8. The first-order valence-electron chi connectivity index (χ1n) is 12.5. The fourth-order valence-corrected chi connectivity index (χ4v) is 5.45. The quantitative estimate of drug-likeness (QED) is 0.233. The van der Waals surface area contributed by atoms with E-state index in [1.165, 1.54) is 11.3 Å². The van der Waals surface area contributed by atoms with Gasteiger partial charge in [0.05, 0.1) is 28.8 Å². The molecule has 2 heterocycles. The molecule has 6 nitrogen and oxygen atoms in total. The molecule has 1 aromatic heterocycles. The van der Waals surface area contributed by atoms with Crippen LogP contribution in [-0.2, 0) is 4.79 Å². The zero-order valence-corrected chi connectivity index (χ0v) is 21.8. The zero-order valence-electron chi connectivity index (χ0n) is 21.0. The molecule has 0 saturated heterocycles. The van der Waals surface area contributed by atoms with Crippen molar-refractivity contribution in [1.29, 1.82) is 0 Å². The van der Waals surface area contributed by atoms with E-state index in [0.29, 0.717) is 30.1 Å². The number of ketones is 1. The number of benzene rings is 2. The minimum Gasteiger partial charge on any atom is -0.503 e. The Morgan fingerprint density at radius 2 is 1.78 bits per heavy atom. The highest BCUT2D eigenvalue weighted by molar-refractivity contribution is 7.17. The van der Waals surface area contributed by atoms with E-state index in [9.17, 15) is 14.7 Å². The molecule has 1 amide bonds. The van der Waals surface area contributed by atoms with E-state index < -0.39 is 17.7 Å². The lowest BCUT2D eigenvalue weighted by Gasteiger charge is -2.26. The van der Waals surface area contributed by atoms with Crippen molar-refractivity contribution < 1.29 is 19.4 Å². The molecule has 0 fully saturated rings. The molecule has 1 N–H and O–H groups in total. The molecule has 0 aliphatic carbocycles. The number of aliphatic hydroxyl groups excluding tert-OH is 1. The molecule has 188 valence electrons. The number of aromatic nitrogens is 1. The molecular weight excluding hydrogens is 472 g/mol. The van der Waals surface area contributed by atoms with Crippen molar-refractivity contribution in [1.82, 2.24) is 9.88 Å². The average molecular weight is 505 g/mol. The summed E-state index contributed by atoms with van der Waals surface area (Å²) in [5.74, 6) is -0.613. The number of amides is 1. The second-order valence-electron chi connectivity index (χ2n) is 8.92. The van der Waals surface area contributed by atoms with Crippen molar-refractivity contribution in [3.05, 3.63) is 82.1 Å². The van der Waals surface area contributed by atoms with Crippen LogP contribution in [0, 0.1) is 6.92 Å². The number of carbonyl (C=O) groups is 2. The third kappa shape index (κ3) is 5.21. The number of rotatable bonds is 11. The highest BCUT2D eigenvalue weighted by atomic mass is 32.1. The molecule has 4 rings (SSSR count). The minimum absolute atomic E-state index is 0.108. The molecule has 0 radical (unpaired) electrons. The van der Waals surface area contributed by atoms with Gasteiger partial charge in [-0.1, -0.05) is 69.2 Å². The van der Waals surface area contributed by atoms with Gasteiger partial charge in [0, 0.05) is 12.1 Å². The van der Waals surface area contributed by atoms with Gasteiger partial charge >= 0.3 is 0 Å². The van der Waals surface area contributed by atoms with Crippen LogP contribution in [0.4, 0.5) is 0 Å². The van der Waals surface area contributed by atoms with Gasteiger partial charge in [-0.15, -0.1) is 11.3 Å². The Labute approximate surface area is 216 Å². The van der Waals surface area contributed by atoms with Gasteiger partial charge in [0.2, 0.25) is 5.78 Å². The molecule has 1 atom stereocenters. The topological polar surface area (TPSA) is 79.7 Å². The van der Waals surface area contributed by atoms with Gasteiger partial charge in [0.1, 0.15) is 10.8 Å². The summed E-state index contributed by atoms with van der Waals surface area (Å²) >= 11 is 1.28. The van der Waals surface area contributed by atoms with Crippen molar-refractivity contribution in [2.75, 3.05) is 13.2 Å². The molecular formula is C29H32N2O4S. The van der Waals surface area contributed by atoms with E-state index >= 15 is 0 Å². The summed E-state index contributed by atoms with van der Waals surface area (Å²) in [6, 6.07) is 16.5. The smallest absolute Gasteiger partial charge is 0.290 e. The third-order valence-corrected chi connectivity index (χ3v) is 7.45. The van der Waals surface area contributed by atoms with E-state index in [-0.39, 0.29) is 11.4 Å². The Morgan fingerprint density at radius 3 is 2.44 bits per heavy atom. The predicted octanol–water partition coefficient (Wildman–Crippen LogP) is 6.68. The van der Waals surface area contributed by atoms with Crippen LogP contribution in [0.3, 0.4) is 0 Å². The second kappa shape index (κ2) is 11.5. The highest BCUT2D eigenvalue weighted by Gasteiger charge is 2.44. The number of unbranched alkanes of at least 4 members (excludes halogenated alkanes) is 2. The molecule has 36 heavy (non-hydrogen) atoms. The van der Waals surface area contributed by atoms with Gasteiger partial charge in [-0.25, -0.2) is 4.98 Å². The van der Waals surface area contributed by atoms with Crippen LogP contribution < -0.4 is 4.74 Å². The van der Waals surface area contributed by atoms with E-state index in [2.05, 4.69) is 11.9 Å². The summed E-state index contributed by atoms with van der Waals surface area (Å²) in [5.41, 5.74) is 2.37. The van der Waals surface area contributed by atoms with E-state index in [1.807, 2.05) is 61.5 Å². The first kappa shape index (κ1) is 25.6. The Hall–Kier alpha value is -3.45. The van der Waals surface area contributed by atoms with Crippen LogP contribution >= 0.6 is 11.3 Å². The van der Waals surface area contributed by atoms with E-state index in [4.69, 9.17) is 4.74 Å². The molecule has 0 bridgehead atoms. The van der Waals surface area contributed by atoms with Gasteiger partial charge in [-0.2, -0.15) is 0 Å². The summed E-state index contributed by atoms with van der Waals surface area (Å²) in [6.07, 6.45) is 3.94. The Morgan fingerprint density at radius 1 is 1.06 bits per heavy atom. The van der Waals surface area contributed by atoms with Crippen molar-refractivity contribution in [2.45, 2.75) is 52.5 Å². The van der Waals surface area contributed by atoms with Crippen molar-refractivity contribution >= 4 is 23.0 Å². The number of carbonyl (C=O) groups excluding carboxylic acids is 2. The SMILES string of the molecule is CCCCCOc1ccc(C2C(C(=O)c3sc(-c4ccccc4)nc3C)=C(O)C(=O)N2CCC)cc1. The summed E-state index contributed by atoms with van der Waals surface area (Å²) in [7, 11) is 0. The van der Waals surface area contributed by atoms with Gasteiger partial charge in [-0.05, 0) is 37.5 Å². The normalized spacial score (nSPS) is 15.6. The van der Waals surface area contributed by atoms with E-state index in [1.54, 1.807) is 11.8 Å². The van der Waals surface area contributed by atoms with Crippen LogP contribution in [0.15, 0.2) is 65.9 Å². The largest absolute Gasteiger partial charge is 0.503 e. The zero-order chi connectivity index (χ0) is 25.7. The highest BCUT2D eigenvalue weighted by Crippen LogP contribution is 2.41. The molecule has 0 saturated carbocycles. The summed E-state index contributed by atoms with van der Waals surface area (Å²) < 4.78 is 5.83. The fourth-order valence-electron chi connectivity index (χ4n) is 4.43. The summed E-state index contributed by atoms with van der Waals surface area (Å²) in [6.45, 7) is 6.98. The Balaban J connectivity index is 1.66. The average Bonchev–Trinajstić information content (AvgIpc) is 3.40. The number of nitrogens with zero attached hydrogens (tertiary/aromatic N) is 2. The number of aryl methyl sites for hydroxylation is 1.